The number of halogens is 2. The lowest BCUT2D eigenvalue weighted by atomic mass is 10.1. The molecule has 1 fully saturated rings. The Morgan fingerprint density at radius 1 is 0.691 bits per heavy atom. The van der Waals surface area contributed by atoms with Crippen LogP contribution in [0, 0.1) is 0 Å². The van der Waals surface area contributed by atoms with Gasteiger partial charge in [0.05, 0.1) is 27.4 Å². The molecule has 2 amide bonds. The number of carboxylic acids is 2. The van der Waals surface area contributed by atoms with Crippen LogP contribution in [0.15, 0.2) is 114 Å². The van der Waals surface area contributed by atoms with Crippen molar-refractivity contribution in [3.05, 3.63) is 141 Å². The molecule has 55 heavy (non-hydrogen) atoms. The van der Waals surface area contributed by atoms with E-state index in [4.69, 9.17) is 27.9 Å². The minimum Gasteiger partial charge on any atom is -0.488 e. The maximum atomic E-state index is 13.2. The molecule has 0 radical (unpaired) electrons. The van der Waals surface area contributed by atoms with Crippen LogP contribution in [0.25, 0.3) is 11.1 Å². The minimum atomic E-state index is -4.12. The number of benzene rings is 5. The SMILES string of the molecule is O=C(NCc1ccc(Cl)cc1)C(=O)Nc1ccc(OC2CN(Cc3ccc(NS(=O)(=O)c4ccc(-c5ccc(Cl)cc5)cc4)c(C(=O)O)c3)C2)cc1C(=O)O. The third-order valence-corrected chi connectivity index (χ3v) is 10.5. The third kappa shape index (κ3) is 9.79. The molecule has 5 N–H and O–H groups in total. The van der Waals surface area contributed by atoms with Gasteiger partial charge in [-0.2, -0.15) is 0 Å². The molecule has 1 aliphatic rings. The number of anilines is 2. The summed E-state index contributed by atoms with van der Waals surface area (Å²) in [6.07, 6.45) is -0.322. The first-order chi connectivity index (χ1) is 26.2. The van der Waals surface area contributed by atoms with E-state index in [1.807, 2.05) is 17.0 Å². The van der Waals surface area contributed by atoms with Gasteiger partial charge in [-0.25, -0.2) is 18.0 Å². The number of likely N-dealkylation sites (tertiary alicyclic amines) is 1. The lowest BCUT2D eigenvalue weighted by molar-refractivity contribution is -0.136. The van der Waals surface area contributed by atoms with Gasteiger partial charge >= 0.3 is 23.8 Å². The Kier molecular flexibility index (Phi) is 11.7. The van der Waals surface area contributed by atoms with Crippen molar-refractivity contribution in [2.45, 2.75) is 24.1 Å². The molecule has 0 bridgehead atoms. The summed E-state index contributed by atoms with van der Waals surface area (Å²) in [5, 5.41) is 25.6. The summed E-state index contributed by atoms with van der Waals surface area (Å²) >= 11 is 11.8. The van der Waals surface area contributed by atoms with Crippen LogP contribution in [0.5, 0.6) is 5.75 Å². The molecule has 1 aliphatic heterocycles. The fourth-order valence-electron chi connectivity index (χ4n) is 5.73. The topological polar surface area (TPSA) is 191 Å². The molecule has 0 aromatic heterocycles. The first-order valence-corrected chi connectivity index (χ1v) is 18.8. The van der Waals surface area contributed by atoms with Crippen molar-refractivity contribution >= 4 is 68.4 Å². The van der Waals surface area contributed by atoms with Crippen molar-refractivity contribution in [3.8, 4) is 16.9 Å². The zero-order valence-electron chi connectivity index (χ0n) is 28.7. The molecular formula is C39H32Cl2N4O9S. The van der Waals surface area contributed by atoms with Crippen molar-refractivity contribution in [2.75, 3.05) is 23.1 Å². The predicted molar refractivity (Wildman–Crippen MR) is 206 cm³/mol. The summed E-state index contributed by atoms with van der Waals surface area (Å²) in [7, 11) is -4.12. The molecule has 0 aliphatic carbocycles. The highest BCUT2D eigenvalue weighted by Crippen LogP contribution is 2.28. The molecule has 1 heterocycles. The number of nitrogens with one attached hydrogen (secondary N) is 3. The van der Waals surface area contributed by atoms with Gasteiger partial charge in [-0.3, -0.25) is 19.2 Å². The number of hydrogen-bond donors (Lipinski definition) is 5. The smallest absolute Gasteiger partial charge is 0.337 e. The molecular weight excluding hydrogens is 771 g/mol. The zero-order valence-corrected chi connectivity index (χ0v) is 31.0. The lowest BCUT2D eigenvalue weighted by Crippen LogP contribution is -2.53. The van der Waals surface area contributed by atoms with E-state index in [2.05, 4.69) is 15.4 Å². The van der Waals surface area contributed by atoms with Crippen molar-refractivity contribution in [1.82, 2.24) is 10.2 Å². The van der Waals surface area contributed by atoms with Crippen molar-refractivity contribution in [2.24, 2.45) is 0 Å². The number of amides is 2. The van der Waals surface area contributed by atoms with E-state index in [9.17, 15) is 37.8 Å². The second-order valence-corrected chi connectivity index (χ2v) is 15.1. The lowest BCUT2D eigenvalue weighted by Gasteiger charge is -2.39. The number of nitrogens with zero attached hydrogens (tertiary/aromatic N) is 1. The summed E-state index contributed by atoms with van der Waals surface area (Å²) in [5.41, 5.74) is 2.29. The number of rotatable bonds is 13. The molecule has 0 unspecified atom stereocenters. The first kappa shape index (κ1) is 38.8. The predicted octanol–water partition coefficient (Wildman–Crippen LogP) is 6.38. The normalized spacial score (nSPS) is 13.0. The molecule has 6 rings (SSSR count). The highest BCUT2D eigenvalue weighted by molar-refractivity contribution is 7.92. The van der Waals surface area contributed by atoms with Crippen molar-refractivity contribution < 1.29 is 42.5 Å². The van der Waals surface area contributed by atoms with Crippen LogP contribution >= 0.6 is 23.2 Å². The highest BCUT2D eigenvalue weighted by atomic mass is 35.5. The quantitative estimate of drug-likeness (QED) is 0.0836. The van der Waals surface area contributed by atoms with Crippen LogP contribution in [-0.2, 0) is 32.7 Å². The Morgan fingerprint density at radius 3 is 1.85 bits per heavy atom. The van der Waals surface area contributed by atoms with Gasteiger partial charge in [-0.15, -0.1) is 0 Å². The maximum Gasteiger partial charge on any atom is 0.337 e. The molecule has 13 nitrogen and oxygen atoms in total. The van der Waals surface area contributed by atoms with E-state index in [1.54, 1.807) is 54.6 Å². The minimum absolute atomic E-state index is 0.0410. The molecule has 5 aromatic carbocycles. The molecule has 0 atom stereocenters. The molecule has 5 aromatic rings. The molecule has 282 valence electrons. The van der Waals surface area contributed by atoms with Crippen LogP contribution in [0.1, 0.15) is 31.8 Å². The summed E-state index contributed by atoms with van der Waals surface area (Å²) in [6, 6.07) is 28.4. The Labute approximate surface area is 325 Å². The monoisotopic (exact) mass is 802 g/mol. The van der Waals surface area contributed by atoms with Gasteiger partial charge in [0, 0.05) is 36.2 Å². The Hall–Kier alpha value is -5.93. The first-order valence-electron chi connectivity index (χ1n) is 16.6. The van der Waals surface area contributed by atoms with E-state index in [0.717, 1.165) is 11.1 Å². The summed E-state index contributed by atoms with van der Waals surface area (Å²) < 4.78 is 34.7. The van der Waals surface area contributed by atoms with E-state index >= 15 is 0 Å². The average Bonchev–Trinajstić information content (AvgIpc) is 3.14. The van der Waals surface area contributed by atoms with Crippen LogP contribution < -0.4 is 20.1 Å². The number of ether oxygens (including phenoxy) is 1. The average molecular weight is 804 g/mol. The van der Waals surface area contributed by atoms with Crippen molar-refractivity contribution in [1.29, 1.82) is 0 Å². The Morgan fingerprint density at radius 2 is 1.24 bits per heavy atom. The van der Waals surface area contributed by atoms with E-state index < -0.39 is 33.8 Å². The van der Waals surface area contributed by atoms with Crippen LogP contribution in [0.4, 0.5) is 11.4 Å². The van der Waals surface area contributed by atoms with Gasteiger partial charge in [0.15, 0.2) is 0 Å². The summed E-state index contributed by atoms with van der Waals surface area (Å²) in [4.78, 5) is 50.9. The summed E-state index contributed by atoms with van der Waals surface area (Å²) in [6.45, 7) is 1.26. The van der Waals surface area contributed by atoms with Crippen LogP contribution in [0.3, 0.4) is 0 Å². The summed E-state index contributed by atoms with van der Waals surface area (Å²) in [5.74, 6) is -4.42. The van der Waals surface area contributed by atoms with Crippen LogP contribution in [-0.4, -0.2) is 66.5 Å². The van der Waals surface area contributed by atoms with Gasteiger partial charge in [0.1, 0.15) is 11.9 Å². The standard InChI is InChI=1S/C39H32Cl2N4O9S/c40-27-8-1-23(2-9-27)19-42-36(46)37(47)43-34-16-12-29(18-33(34)39(50)51)54-30-21-45(22-30)20-24-3-15-35(32(17-24)38(48)49)44-55(52,53)31-13-6-26(7-14-31)25-4-10-28(41)11-5-25/h1-18,30,44H,19-22H2,(H,42,46)(H,43,47)(H,48,49)(H,50,51). The second kappa shape index (κ2) is 16.6. The number of hydrogen-bond acceptors (Lipinski definition) is 8. The highest BCUT2D eigenvalue weighted by Gasteiger charge is 2.30. The fourth-order valence-corrected chi connectivity index (χ4v) is 7.06. The van der Waals surface area contributed by atoms with Crippen molar-refractivity contribution in [3.63, 3.8) is 0 Å². The third-order valence-electron chi connectivity index (χ3n) is 8.58. The van der Waals surface area contributed by atoms with Gasteiger partial charge in [0.25, 0.3) is 10.0 Å². The fraction of sp³-hybridized carbons (Fsp3) is 0.128. The van der Waals surface area contributed by atoms with E-state index in [-0.39, 0.29) is 45.8 Å². The van der Waals surface area contributed by atoms with Gasteiger partial charge in [-0.1, -0.05) is 65.7 Å². The maximum absolute atomic E-state index is 13.2. The van der Waals surface area contributed by atoms with Gasteiger partial charge < -0.3 is 25.6 Å². The van der Waals surface area contributed by atoms with E-state index in [1.165, 1.54) is 42.5 Å². The Balaban J connectivity index is 1.02. The van der Waals surface area contributed by atoms with E-state index in [0.29, 0.717) is 40.8 Å². The molecule has 1 saturated heterocycles. The number of carboxylic acid groups (broad SMARTS) is 2. The number of sulfonamides is 1. The second-order valence-electron chi connectivity index (χ2n) is 12.5. The number of carbonyl (C=O) groups excluding carboxylic acids is 2. The molecule has 0 saturated carbocycles. The number of carbonyl (C=O) groups is 4. The molecule has 0 spiro atoms. The Bertz CT molecular complexity index is 2370. The molecule has 16 heteroatoms. The number of aromatic carboxylic acids is 2. The zero-order chi connectivity index (χ0) is 39.3. The van der Waals surface area contributed by atoms with Gasteiger partial charge in [0.2, 0.25) is 0 Å². The van der Waals surface area contributed by atoms with Crippen LogP contribution in [0.2, 0.25) is 10.0 Å². The van der Waals surface area contributed by atoms with Gasteiger partial charge in [-0.05, 0) is 89.0 Å². The largest absolute Gasteiger partial charge is 0.488 e.